The Labute approximate surface area is 182 Å². The second kappa shape index (κ2) is 18.0. The molecule has 3 heteroatoms. The van der Waals surface area contributed by atoms with Crippen molar-refractivity contribution in [2.45, 2.75) is 118 Å². The lowest BCUT2D eigenvalue weighted by molar-refractivity contribution is -0.169. The molecular weight excluding hydrogens is 360 g/mol. The topological polar surface area (TPSA) is 35.5 Å². The molecular formula is C26H50O3. The molecule has 0 saturated carbocycles. The Bertz CT molecular complexity index is 407. The predicted octanol–water partition coefficient (Wildman–Crippen LogP) is 8.08. The molecule has 0 aliphatic heterocycles. The molecule has 0 spiro atoms. The third kappa shape index (κ3) is 13.2. The summed E-state index contributed by atoms with van der Waals surface area (Å²) in [6.45, 7) is 15.5. The molecule has 0 aliphatic rings. The molecule has 0 N–H and O–H groups in total. The first-order valence-electron chi connectivity index (χ1n) is 12.3. The lowest BCUT2D eigenvalue weighted by Crippen LogP contribution is -2.34. The Morgan fingerprint density at radius 3 is 2.07 bits per heavy atom. The van der Waals surface area contributed by atoms with Crippen LogP contribution in [0.4, 0.5) is 0 Å². The Morgan fingerprint density at radius 2 is 1.48 bits per heavy atom. The van der Waals surface area contributed by atoms with Gasteiger partial charge in [-0.3, -0.25) is 4.79 Å². The smallest absolute Gasteiger partial charge is 0.314 e. The molecule has 0 fully saturated rings. The van der Waals surface area contributed by atoms with E-state index in [-0.39, 0.29) is 18.2 Å². The highest BCUT2D eigenvalue weighted by Crippen LogP contribution is 2.39. The molecule has 0 rings (SSSR count). The summed E-state index contributed by atoms with van der Waals surface area (Å²) in [5, 5.41) is 0. The van der Waals surface area contributed by atoms with E-state index in [0.29, 0.717) is 6.61 Å². The maximum absolute atomic E-state index is 13.2. The van der Waals surface area contributed by atoms with E-state index < -0.39 is 0 Å². The van der Waals surface area contributed by atoms with Gasteiger partial charge in [0.25, 0.3) is 0 Å². The van der Waals surface area contributed by atoms with Crippen LogP contribution < -0.4 is 0 Å². The maximum Gasteiger partial charge on any atom is 0.314 e. The molecule has 0 bridgehead atoms. The zero-order valence-electron chi connectivity index (χ0n) is 20.3. The summed E-state index contributed by atoms with van der Waals surface area (Å²) in [7, 11) is 0. The van der Waals surface area contributed by atoms with Crippen LogP contribution in [-0.4, -0.2) is 19.4 Å². The molecule has 3 nitrogen and oxygen atoms in total. The first-order valence-corrected chi connectivity index (χ1v) is 12.3. The Kier molecular flexibility index (Phi) is 17.5. The van der Waals surface area contributed by atoms with Gasteiger partial charge in [0.15, 0.2) is 6.79 Å². The number of carbonyl (C=O) groups excluding carboxylic acids is 1. The number of unbranched alkanes of at least 4 members (excludes halogenated alkanes) is 3. The van der Waals surface area contributed by atoms with Crippen LogP contribution in [0.1, 0.15) is 118 Å². The summed E-state index contributed by atoms with van der Waals surface area (Å²) in [5.41, 5.74) is -0.336. The largest absolute Gasteiger partial charge is 0.438 e. The fourth-order valence-electron chi connectivity index (χ4n) is 3.91. The molecule has 0 aromatic carbocycles. The monoisotopic (exact) mass is 410 g/mol. The highest BCUT2D eigenvalue weighted by molar-refractivity contribution is 5.76. The fourth-order valence-corrected chi connectivity index (χ4v) is 3.91. The average molecular weight is 411 g/mol. The number of rotatable bonds is 20. The molecule has 0 heterocycles. The van der Waals surface area contributed by atoms with Crippen LogP contribution in [0, 0.1) is 17.3 Å². The van der Waals surface area contributed by atoms with Gasteiger partial charge in [-0.15, -0.1) is 6.58 Å². The molecule has 3 atom stereocenters. The van der Waals surface area contributed by atoms with Gasteiger partial charge in [-0.2, -0.15) is 0 Å². The third-order valence-electron chi connectivity index (χ3n) is 6.55. The first-order chi connectivity index (χ1) is 14.0. The van der Waals surface area contributed by atoms with E-state index in [1.165, 1.54) is 38.5 Å². The molecule has 0 aromatic heterocycles. The zero-order chi connectivity index (χ0) is 22.0. The van der Waals surface area contributed by atoms with Crippen LogP contribution in [0.2, 0.25) is 0 Å². The van der Waals surface area contributed by atoms with Gasteiger partial charge in [0.2, 0.25) is 0 Å². The number of hydrogen-bond acceptors (Lipinski definition) is 3. The second-order valence-electron chi connectivity index (χ2n) is 9.11. The van der Waals surface area contributed by atoms with Crippen LogP contribution in [0.5, 0.6) is 0 Å². The quantitative estimate of drug-likeness (QED) is 0.0880. The Morgan fingerprint density at radius 1 is 0.897 bits per heavy atom. The van der Waals surface area contributed by atoms with Crippen LogP contribution in [0.15, 0.2) is 12.7 Å². The maximum atomic E-state index is 13.2. The normalized spacial score (nSPS) is 15.5. The van der Waals surface area contributed by atoms with Crippen molar-refractivity contribution >= 4 is 5.97 Å². The molecule has 172 valence electrons. The third-order valence-corrected chi connectivity index (χ3v) is 6.55. The Hall–Kier alpha value is -0.830. The molecule has 29 heavy (non-hydrogen) atoms. The summed E-state index contributed by atoms with van der Waals surface area (Å²) in [6, 6.07) is 0. The van der Waals surface area contributed by atoms with Crippen molar-refractivity contribution in [2.24, 2.45) is 17.3 Å². The lowest BCUT2D eigenvalue weighted by atomic mass is 9.73. The van der Waals surface area contributed by atoms with Crippen LogP contribution >= 0.6 is 0 Å². The summed E-state index contributed by atoms with van der Waals surface area (Å²) in [4.78, 5) is 13.2. The second-order valence-corrected chi connectivity index (χ2v) is 9.11. The van der Waals surface area contributed by atoms with Crippen LogP contribution in [0.3, 0.4) is 0 Å². The van der Waals surface area contributed by atoms with Gasteiger partial charge in [0, 0.05) is 0 Å². The highest BCUT2D eigenvalue weighted by atomic mass is 16.7. The van der Waals surface area contributed by atoms with Gasteiger partial charge >= 0.3 is 5.97 Å². The summed E-state index contributed by atoms with van der Waals surface area (Å²) >= 11 is 0. The summed E-state index contributed by atoms with van der Waals surface area (Å²) in [6.07, 6.45) is 16.4. The van der Waals surface area contributed by atoms with Crippen molar-refractivity contribution in [3.05, 3.63) is 12.7 Å². The first kappa shape index (κ1) is 28.2. The molecule has 0 radical (unpaired) electrons. The molecule has 0 aromatic rings. The molecule has 0 saturated heterocycles. The van der Waals surface area contributed by atoms with Crippen LogP contribution in [0.25, 0.3) is 0 Å². The zero-order valence-corrected chi connectivity index (χ0v) is 20.3. The van der Waals surface area contributed by atoms with Crippen LogP contribution in [-0.2, 0) is 14.3 Å². The van der Waals surface area contributed by atoms with Gasteiger partial charge in [-0.05, 0) is 31.1 Å². The van der Waals surface area contributed by atoms with Crippen molar-refractivity contribution in [1.82, 2.24) is 0 Å². The van der Waals surface area contributed by atoms with Gasteiger partial charge in [0.05, 0.1) is 12.0 Å². The van der Waals surface area contributed by atoms with Gasteiger partial charge in [0.1, 0.15) is 0 Å². The predicted molar refractivity (Wildman–Crippen MR) is 125 cm³/mol. The minimum Gasteiger partial charge on any atom is -0.438 e. The van der Waals surface area contributed by atoms with Crippen molar-refractivity contribution in [2.75, 3.05) is 13.4 Å². The average Bonchev–Trinajstić information content (AvgIpc) is 2.73. The standard InChI is InChI=1S/C26H50O3/c1-7-11-18-26(20-15-17-24(6)10-4,25(27)29-22-28-21-8-2)19-14-12-13-16-23(5)9-3/h8,23-24H,2,7,9-22H2,1,3-6H3. The SMILES string of the molecule is C=CCOCOC(=O)C(CCCC)(CCCCCC(C)CC)CCCC(C)CC. The highest BCUT2D eigenvalue weighted by Gasteiger charge is 2.38. The van der Waals surface area contributed by atoms with E-state index in [9.17, 15) is 4.79 Å². The Balaban J connectivity index is 4.95. The van der Waals surface area contributed by atoms with Crippen molar-refractivity contribution in [3.8, 4) is 0 Å². The number of hydrogen-bond donors (Lipinski definition) is 0. The van der Waals surface area contributed by atoms with Crippen molar-refractivity contribution < 1.29 is 14.3 Å². The number of ether oxygens (including phenoxy) is 2. The van der Waals surface area contributed by atoms with E-state index in [2.05, 4.69) is 41.2 Å². The van der Waals surface area contributed by atoms with Crippen molar-refractivity contribution in [1.29, 1.82) is 0 Å². The number of carbonyl (C=O) groups is 1. The fraction of sp³-hybridized carbons (Fsp3) is 0.885. The van der Waals surface area contributed by atoms with E-state index >= 15 is 0 Å². The van der Waals surface area contributed by atoms with E-state index in [1.807, 2.05) is 0 Å². The van der Waals surface area contributed by atoms with Crippen molar-refractivity contribution in [3.63, 3.8) is 0 Å². The molecule has 3 unspecified atom stereocenters. The minimum absolute atomic E-state index is 0.0398. The molecule has 0 aliphatic carbocycles. The van der Waals surface area contributed by atoms with E-state index in [4.69, 9.17) is 9.47 Å². The lowest BCUT2D eigenvalue weighted by Gasteiger charge is -2.32. The van der Waals surface area contributed by atoms with Gasteiger partial charge in [-0.1, -0.05) is 105 Å². The minimum atomic E-state index is -0.336. The van der Waals surface area contributed by atoms with E-state index in [0.717, 1.165) is 56.8 Å². The summed E-state index contributed by atoms with van der Waals surface area (Å²) in [5.74, 6) is 1.49. The van der Waals surface area contributed by atoms with Gasteiger partial charge in [-0.25, -0.2) is 0 Å². The number of esters is 1. The van der Waals surface area contributed by atoms with Gasteiger partial charge < -0.3 is 9.47 Å². The summed E-state index contributed by atoms with van der Waals surface area (Å²) < 4.78 is 10.9. The van der Waals surface area contributed by atoms with E-state index in [1.54, 1.807) is 6.08 Å². The molecule has 0 amide bonds.